The van der Waals surface area contributed by atoms with Crippen molar-refractivity contribution >= 4 is 39.2 Å². The molecule has 9 nitrogen and oxygen atoms in total. The number of carbonyl (C=O) groups is 1. The van der Waals surface area contributed by atoms with Gasteiger partial charge in [-0.05, 0) is 57.4 Å². The van der Waals surface area contributed by atoms with E-state index >= 15 is 0 Å². The molecule has 1 aliphatic rings. The largest absolute Gasteiger partial charge is 0.325 e. The molecule has 0 bridgehead atoms. The first-order chi connectivity index (χ1) is 15.3. The van der Waals surface area contributed by atoms with Crippen molar-refractivity contribution in [3.63, 3.8) is 0 Å². The summed E-state index contributed by atoms with van der Waals surface area (Å²) in [6, 6.07) is 6.92. The van der Waals surface area contributed by atoms with Crippen molar-refractivity contribution in [1.82, 2.24) is 23.9 Å². The Morgan fingerprint density at radius 3 is 2.59 bits per heavy atom. The summed E-state index contributed by atoms with van der Waals surface area (Å²) in [6.45, 7) is 6.67. The van der Waals surface area contributed by atoms with Crippen molar-refractivity contribution in [2.45, 2.75) is 50.1 Å². The van der Waals surface area contributed by atoms with Crippen LogP contribution in [0.3, 0.4) is 0 Å². The minimum absolute atomic E-state index is 0.107. The molecule has 1 N–H and O–H groups in total. The van der Waals surface area contributed by atoms with Crippen LogP contribution in [0.4, 0.5) is 5.69 Å². The summed E-state index contributed by atoms with van der Waals surface area (Å²) in [7, 11) is -3.58. The fourth-order valence-corrected chi connectivity index (χ4v) is 6.37. The normalized spacial score (nSPS) is 15.2. The van der Waals surface area contributed by atoms with E-state index in [4.69, 9.17) is 0 Å². The number of rotatable bonds is 6. The highest BCUT2D eigenvalue weighted by Crippen LogP contribution is 2.26. The van der Waals surface area contributed by atoms with Crippen molar-refractivity contribution in [2.75, 3.05) is 24.2 Å². The molecule has 0 spiro atoms. The van der Waals surface area contributed by atoms with Crippen LogP contribution in [-0.4, -0.2) is 57.1 Å². The molecule has 0 unspecified atom stereocenters. The predicted octanol–water partition coefficient (Wildman–Crippen LogP) is 2.95. The first-order valence-electron chi connectivity index (χ1n) is 10.5. The number of nitrogens with zero attached hydrogens (tertiary/aromatic N) is 5. The Bertz CT molecular complexity index is 1270. The molecule has 0 atom stereocenters. The van der Waals surface area contributed by atoms with Crippen LogP contribution in [-0.2, 0) is 14.8 Å². The lowest BCUT2D eigenvalue weighted by Crippen LogP contribution is -2.36. The van der Waals surface area contributed by atoms with E-state index in [-0.39, 0.29) is 16.6 Å². The number of benzene rings is 1. The molecule has 3 aromatic rings. The molecule has 1 amide bonds. The average Bonchev–Trinajstić information content (AvgIpc) is 3.17. The van der Waals surface area contributed by atoms with E-state index in [1.807, 2.05) is 19.9 Å². The van der Waals surface area contributed by atoms with Crippen LogP contribution in [0.15, 0.2) is 34.3 Å². The Kier molecular flexibility index (Phi) is 6.50. The molecule has 11 heteroatoms. The molecular formula is C21H26N6O3S2. The Labute approximate surface area is 191 Å². The molecule has 0 saturated carbocycles. The number of hydrogen-bond donors (Lipinski definition) is 1. The number of hydrogen-bond acceptors (Lipinski definition) is 7. The van der Waals surface area contributed by atoms with Crippen molar-refractivity contribution < 1.29 is 13.2 Å². The standard InChI is InChI=1S/C21H26N6O3S2/c1-14-7-8-17(12-18(14)32(29,30)26-9-5-4-6-10-26)23-19(28)13-31-21-25-24-20-22-15(2)11-16(3)27(20)21/h7-8,11-12H,4-6,9-10,13H2,1-3H3,(H,23,28). The highest BCUT2D eigenvalue weighted by molar-refractivity contribution is 7.99. The monoisotopic (exact) mass is 474 g/mol. The van der Waals surface area contributed by atoms with Gasteiger partial charge in [0.1, 0.15) is 0 Å². The lowest BCUT2D eigenvalue weighted by atomic mass is 10.2. The second kappa shape index (κ2) is 9.16. The number of nitrogens with one attached hydrogen (secondary N) is 1. The molecule has 1 aliphatic heterocycles. The third-order valence-electron chi connectivity index (χ3n) is 5.40. The molecule has 1 fully saturated rings. The number of thioether (sulfide) groups is 1. The number of piperidine rings is 1. The van der Waals surface area contributed by atoms with E-state index in [0.29, 0.717) is 35.3 Å². The molecule has 3 heterocycles. The summed E-state index contributed by atoms with van der Waals surface area (Å²) in [4.78, 5) is 17.2. The molecular weight excluding hydrogens is 448 g/mol. The van der Waals surface area contributed by atoms with E-state index in [0.717, 1.165) is 30.7 Å². The summed E-state index contributed by atoms with van der Waals surface area (Å²) in [5.74, 6) is 0.349. The van der Waals surface area contributed by atoms with Crippen molar-refractivity contribution in [2.24, 2.45) is 0 Å². The SMILES string of the molecule is Cc1cc(C)n2c(SCC(=O)Nc3ccc(C)c(S(=O)(=O)N4CCCCC4)c3)nnc2n1. The number of amides is 1. The van der Waals surface area contributed by atoms with Crippen LogP contribution < -0.4 is 5.32 Å². The maximum Gasteiger partial charge on any atom is 0.256 e. The summed E-state index contributed by atoms with van der Waals surface area (Å²) < 4.78 is 29.5. The summed E-state index contributed by atoms with van der Waals surface area (Å²) in [6.07, 6.45) is 2.80. The molecule has 0 radical (unpaired) electrons. The van der Waals surface area contributed by atoms with E-state index in [1.54, 1.807) is 29.5 Å². The summed E-state index contributed by atoms with van der Waals surface area (Å²) in [5, 5.41) is 11.6. The second-order valence-electron chi connectivity index (χ2n) is 7.94. The molecule has 170 valence electrons. The molecule has 32 heavy (non-hydrogen) atoms. The highest BCUT2D eigenvalue weighted by atomic mass is 32.2. The first kappa shape index (κ1) is 22.7. The molecule has 1 aromatic carbocycles. The molecule has 1 saturated heterocycles. The zero-order chi connectivity index (χ0) is 22.9. The smallest absolute Gasteiger partial charge is 0.256 e. The Balaban J connectivity index is 1.47. The van der Waals surface area contributed by atoms with Gasteiger partial charge in [0.15, 0.2) is 5.16 Å². The Hall–Kier alpha value is -2.50. The zero-order valence-corrected chi connectivity index (χ0v) is 20.0. The number of sulfonamides is 1. The quantitative estimate of drug-likeness (QED) is 0.547. The van der Waals surface area contributed by atoms with Gasteiger partial charge < -0.3 is 5.32 Å². The van der Waals surface area contributed by atoms with Crippen molar-refractivity contribution in [3.8, 4) is 0 Å². The van der Waals surface area contributed by atoms with Gasteiger partial charge in [-0.1, -0.05) is 24.2 Å². The third kappa shape index (κ3) is 4.64. The van der Waals surface area contributed by atoms with E-state index < -0.39 is 10.0 Å². The van der Waals surface area contributed by atoms with E-state index in [1.165, 1.54) is 16.1 Å². The van der Waals surface area contributed by atoms with Crippen molar-refractivity contribution in [1.29, 1.82) is 0 Å². The van der Waals surface area contributed by atoms with Gasteiger partial charge in [0.2, 0.25) is 15.9 Å². The molecule has 4 rings (SSSR count). The predicted molar refractivity (Wildman–Crippen MR) is 123 cm³/mol. The van der Waals surface area contributed by atoms with Crippen LogP contribution in [0.5, 0.6) is 0 Å². The van der Waals surface area contributed by atoms with Crippen molar-refractivity contribution in [3.05, 3.63) is 41.2 Å². The number of fused-ring (bicyclic) bond motifs is 1. The van der Waals surface area contributed by atoms with Gasteiger partial charge in [-0.25, -0.2) is 13.4 Å². The maximum atomic E-state index is 13.1. The van der Waals surface area contributed by atoms with Crippen LogP contribution in [0.1, 0.15) is 36.2 Å². The third-order valence-corrected chi connectivity index (χ3v) is 8.37. The molecule has 0 aliphatic carbocycles. The minimum atomic E-state index is -3.58. The number of anilines is 1. The first-order valence-corrected chi connectivity index (χ1v) is 12.9. The van der Waals surface area contributed by atoms with Gasteiger partial charge in [-0.2, -0.15) is 4.31 Å². The lowest BCUT2D eigenvalue weighted by molar-refractivity contribution is -0.113. The van der Waals surface area contributed by atoms with Gasteiger partial charge in [0.25, 0.3) is 5.78 Å². The number of carbonyl (C=O) groups excluding carboxylic acids is 1. The van der Waals surface area contributed by atoms with Gasteiger partial charge >= 0.3 is 0 Å². The van der Waals surface area contributed by atoms with Crippen LogP contribution in [0.25, 0.3) is 5.78 Å². The fourth-order valence-electron chi connectivity index (χ4n) is 3.82. The minimum Gasteiger partial charge on any atom is -0.325 e. The zero-order valence-electron chi connectivity index (χ0n) is 18.3. The van der Waals surface area contributed by atoms with E-state index in [2.05, 4.69) is 20.5 Å². The molecule has 2 aromatic heterocycles. The van der Waals surface area contributed by atoms with Crippen LogP contribution >= 0.6 is 11.8 Å². The number of aryl methyl sites for hydroxylation is 3. The summed E-state index contributed by atoms with van der Waals surface area (Å²) >= 11 is 1.25. The average molecular weight is 475 g/mol. The van der Waals surface area contributed by atoms with Gasteiger partial charge in [0.05, 0.1) is 10.6 Å². The van der Waals surface area contributed by atoms with Gasteiger partial charge in [-0.15, -0.1) is 10.2 Å². The maximum absolute atomic E-state index is 13.1. The van der Waals surface area contributed by atoms with Gasteiger partial charge in [-0.3, -0.25) is 9.20 Å². The number of aromatic nitrogens is 4. The topological polar surface area (TPSA) is 110 Å². The Morgan fingerprint density at radius 1 is 1.09 bits per heavy atom. The van der Waals surface area contributed by atoms with E-state index in [9.17, 15) is 13.2 Å². The fraction of sp³-hybridized carbons (Fsp3) is 0.429. The highest BCUT2D eigenvalue weighted by Gasteiger charge is 2.27. The summed E-state index contributed by atoms with van der Waals surface area (Å²) in [5.41, 5.74) is 2.91. The second-order valence-corrected chi connectivity index (χ2v) is 10.8. The van der Waals surface area contributed by atoms with Crippen LogP contribution in [0.2, 0.25) is 0 Å². The van der Waals surface area contributed by atoms with Crippen LogP contribution in [0, 0.1) is 20.8 Å². The van der Waals surface area contributed by atoms with Gasteiger partial charge in [0, 0.05) is 30.2 Å². The lowest BCUT2D eigenvalue weighted by Gasteiger charge is -2.26. The Morgan fingerprint density at radius 2 is 1.84 bits per heavy atom.